The van der Waals surface area contributed by atoms with E-state index in [-0.39, 0.29) is 12.5 Å². The second-order valence-electron chi connectivity index (χ2n) is 6.55. The Labute approximate surface area is 141 Å². The first kappa shape index (κ1) is 18.1. The van der Waals surface area contributed by atoms with Crippen LogP contribution in [0.15, 0.2) is 10.9 Å². The Morgan fingerprint density at radius 3 is 2.48 bits per heavy atom. The van der Waals surface area contributed by atoms with Gasteiger partial charge in [0.1, 0.15) is 5.01 Å². The molecule has 1 aromatic heterocycles. The zero-order valence-electron chi connectivity index (χ0n) is 14.2. The third kappa shape index (κ3) is 4.20. The summed E-state index contributed by atoms with van der Waals surface area (Å²) in [5.74, 6) is -0.123. The van der Waals surface area contributed by atoms with Gasteiger partial charge in [-0.3, -0.25) is 4.79 Å². The normalized spacial score (nSPS) is 19.9. The molecular weight excluding hydrogens is 315 g/mol. The van der Waals surface area contributed by atoms with E-state index in [1.807, 2.05) is 33.8 Å². The summed E-state index contributed by atoms with van der Waals surface area (Å²) in [4.78, 5) is 15.6. The van der Waals surface area contributed by atoms with Gasteiger partial charge in [-0.05, 0) is 39.2 Å². The Hall–Kier alpha value is -1.22. The van der Waals surface area contributed by atoms with Crippen LogP contribution in [-0.4, -0.2) is 40.9 Å². The number of aromatic nitrogens is 1. The maximum absolute atomic E-state index is 11.3. The summed E-state index contributed by atoms with van der Waals surface area (Å²) in [6.45, 7) is 9.62. The molecule has 23 heavy (non-hydrogen) atoms. The Kier molecular flexibility index (Phi) is 5.30. The maximum atomic E-state index is 11.3. The smallest absolute Gasteiger partial charge is 0.400 e. The summed E-state index contributed by atoms with van der Waals surface area (Å²) in [5.41, 5.74) is 0.504. The third-order valence-corrected chi connectivity index (χ3v) is 4.98. The van der Waals surface area contributed by atoms with Gasteiger partial charge in [-0.25, -0.2) is 4.98 Å². The lowest BCUT2D eigenvalue weighted by atomic mass is 9.77. The molecule has 1 fully saturated rings. The molecule has 1 aromatic rings. The predicted molar refractivity (Wildman–Crippen MR) is 90.8 cm³/mol. The highest BCUT2D eigenvalue weighted by molar-refractivity contribution is 7.10. The number of hydrogen-bond acceptors (Lipinski definition) is 6. The van der Waals surface area contributed by atoms with E-state index < -0.39 is 18.3 Å². The van der Waals surface area contributed by atoms with Gasteiger partial charge in [0.2, 0.25) is 5.91 Å². The average molecular weight is 338 g/mol. The van der Waals surface area contributed by atoms with Crippen molar-refractivity contribution >= 4 is 30.4 Å². The molecule has 8 heteroatoms. The van der Waals surface area contributed by atoms with Gasteiger partial charge in [0.15, 0.2) is 0 Å². The fourth-order valence-electron chi connectivity index (χ4n) is 2.04. The van der Waals surface area contributed by atoms with E-state index in [1.54, 1.807) is 5.38 Å². The van der Waals surface area contributed by atoms with Crippen LogP contribution in [0.25, 0.3) is 6.08 Å². The molecule has 0 unspecified atom stereocenters. The topological polar surface area (TPSA) is 80.7 Å². The van der Waals surface area contributed by atoms with Crippen LogP contribution in [0.2, 0.25) is 0 Å². The van der Waals surface area contributed by atoms with E-state index >= 15 is 0 Å². The van der Waals surface area contributed by atoms with Crippen molar-refractivity contribution in [3.63, 3.8) is 0 Å². The van der Waals surface area contributed by atoms with Gasteiger partial charge in [-0.2, -0.15) is 0 Å². The van der Waals surface area contributed by atoms with Gasteiger partial charge in [-0.15, -0.1) is 11.3 Å². The summed E-state index contributed by atoms with van der Waals surface area (Å²) in [6.07, 6.45) is 1.85. The number of aliphatic hydroxyl groups excluding tert-OH is 1. The minimum atomic E-state index is -0.548. The number of hydrogen-bond donors (Lipinski definition) is 2. The van der Waals surface area contributed by atoms with E-state index in [2.05, 4.69) is 10.3 Å². The lowest BCUT2D eigenvalue weighted by molar-refractivity contribution is -0.118. The number of aliphatic hydroxyl groups is 1. The van der Waals surface area contributed by atoms with Crippen LogP contribution in [0.1, 0.15) is 45.3 Å². The van der Waals surface area contributed by atoms with Crippen LogP contribution in [0, 0.1) is 0 Å². The van der Waals surface area contributed by atoms with Crippen molar-refractivity contribution in [3.8, 4) is 0 Å². The van der Waals surface area contributed by atoms with Crippen molar-refractivity contribution in [2.24, 2.45) is 0 Å². The molecule has 1 aliphatic heterocycles. The molecule has 1 saturated heterocycles. The predicted octanol–water partition coefficient (Wildman–Crippen LogP) is 1.79. The first-order valence-electron chi connectivity index (χ1n) is 7.50. The average Bonchev–Trinajstić information content (AvgIpc) is 2.97. The minimum Gasteiger partial charge on any atom is -0.400 e. The molecule has 1 amide bonds. The van der Waals surface area contributed by atoms with Gasteiger partial charge in [0, 0.05) is 18.8 Å². The molecule has 2 N–H and O–H groups in total. The van der Waals surface area contributed by atoms with Crippen LogP contribution in [0.4, 0.5) is 0 Å². The van der Waals surface area contributed by atoms with Gasteiger partial charge >= 0.3 is 7.12 Å². The first-order valence-corrected chi connectivity index (χ1v) is 8.38. The number of nitrogens with one attached hydrogen (secondary N) is 1. The lowest BCUT2D eigenvalue weighted by Crippen LogP contribution is -2.41. The van der Waals surface area contributed by atoms with Gasteiger partial charge < -0.3 is 19.7 Å². The van der Waals surface area contributed by atoms with Crippen molar-refractivity contribution in [1.82, 2.24) is 10.3 Å². The van der Waals surface area contributed by atoms with Crippen LogP contribution < -0.4 is 5.32 Å². The molecule has 2 heterocycles. The fraction of sp³-hybridized carbons (Fsp3) is 0.600. The quantitative estimate of drug-likeness (QED) is 0.800. The maximum Gasteiger partial charge on any atom is 0.492 e. The third-order valence-electron chi connectivity index (χ3n) is 4.14. The Balaban J connectivity index is 2.26. The molecular formula is C15H23BN2O4S. The van der Waals surface area contributed by atoms with Crippen LogP contribution in [0.3, 0.4) is 0 Å². The molecule has 0 aliphatic carbocycles. The zero-order valence-corrected chi connectivity index (χ0v) is 15.0. The largest absolute Gasteiger partial charge is 0.492 e. The summed E-state index contributed by atoms with van der Waals surface area (Å²) >= 11 is 1.42. The number of nitrogens with zero attached hydrogens (tertiary/aromatic N) is 1. The molecule has 0 spiro atoms. The standard InChI is InChI=1S/C15H23BN2O4S/c1-10(20)17-7-11(6-13-18-12(8-19)9-23-13)16-21-14(2,3)15(4,5)22-16/h6,9,19H,7-8H2,1-5H3,(H,17,20). The molecule has 6 nitrogen and oxygen atoms in total. The Bertz CT molecular complexity index is 596. The van der Waals surface area contributed by atoms with Gasteiger partial charge in [-0.1, -0.05) is 0 Å². The molecule has 0 aromatic carbocycles. The number of thiazole rings is 1. The number of carbonyl (C=O) groups excluding carboxylic acids is 1. The van der Waals surface area contributed by atoms with Gasteiger partial charge in [0.05, 0.1) is 23.5 Å². The van der Waals surface area contributed by atoms with E-state index in [4.69, 9.17) is 14.4 Å². The SMILES string of the molecule is CC(=O)NCC(=Cc1nc(CO)cs1)B1OC(C)(C)C(C)(C)O1. The van der Waals surface area contributed by atoms with E-state index in [0.29, 0.717) is 12.2 Å². The zero-order chi connectivity index (χ0) is 17.3. The van der Waals surface area contributed by atoms with E-state index in [1.165, 1.54) is 18.3 Å². The highest BCUT2D eigenvalue weighted by Crippen LogP contribution is 2.38. The molecule has 0 atom stereocenters. The first-order chi connectivity index (χ1) is 10.6. The minimum absolute atomic E-state index is 0.0954. The van der Waals surface area contributed by atoms with Crippen molar-refractivity contribution in [2.45, 2.75) is 52.4 Å². The monoisotopic (exact) mass is 338 g/mol. The molecule has 0 saturated carbocycles. The van der Waals surface area contributed by atoms with Crippen LogP contribution in [-0.2, 0) is 20.7 Å². The Morgan fingerprint density at radius 2 is 2.00 bits per heavy atom. The van der Waals surface area contributed by atoms with Crippen molar-refractivity contribution in [2.75, 3.05) is 6.54 Å². The fourth-order valence-corrected chi connectivity index (χ4v) is 2.82. The summed E-state index contributed by atoms with van der Waals surface area (Å²) in [7, 11) is -0.548. The van der Waals surface area contributed by atoms with Gasteiger partial charge in [0.25, 0.3) is 0 Å². The molecule has 126 valence electrons. The summed E-state index contributed by atoms with van der Waals surface area (Å²) in [5, 5.41) is 14.4. The summed E-state index contributed by atoms with van der Waals surface area (Å²) < 4.78 is 12.1. The second kappa shape index (κ2) is 6.72. The van der Waals surface area contributed by atoms with Crippen molar-refractivity contribution in [3.05, 3.63) is 21.6 Å². The van der Waals surface area contributed by atoms with Crippen molar-refractivity contribution < 1.29 is 19.2 Å². The van der Waals surface area contributed by atoms with Crippen LogP contribution in [0.5, 0.6) is 0 Å². The molecule has 0 bridgehead atoms. The molecule has 2 rings (SSSR count). The molecule has 1 aliphatic rings. The van der Waals surface area contributed by atoms with E-state index in [0.717, 1.165) is 10.5 Å². The number of carbonyl (C=O) groups is 1. The highest BCUT2D eigenvalue weighted by Gasteiger charge is 2.52. The van der Waals surface area contributed by atoms with Crippen LogP contribution >= 0.6 is 11.3 Å². The summed E-state index contributed by atoms with van der Waals surface area (Å²) in [6, 6.07) is 0. The Morgan fingerprint density at radius 1 is 1.39 bits per heavy atom. The van der Waals surface area contributed by atoms with Crippen molar-refractivity contribution in [1.29, 1.82) is 0 Å². The molecule has 0 radical (unpaired) electrons. The second-order valence-corrected chi connectivity index (χ2v) is 7.44. The number of amides is 1. The number of rotatable bonds is 5. The lowest BCUT2D eigenvalue weighted by Gasteiger charge is -2.32. The highest BCUT2D eigenvalue weighted by atomic mass is 32.1. The van der Waals surface area contributed by atoms with E-state index in [9.17, 15) is 4.79 Å².